The van der Waals surface area contributed by atoms with Crippen molar-refractivity contribution in [1.82, 2.24) is 14.3 Å². The van der Waals surface area contributed by atoms with Gasteiger partial charge < -0.3 is 4.90 Å². The Morgan fingerprint density at radius 1 is 1.00 bits per heavy atom. The van der Waals surface area contributed by atoms with Crippen LogP contribution in [0.4, 0.5) is 5.82 Å². The Bertz CT molecular complexity index is 1650. The van der Waals surface area contributed by atoms with E-state index in [1.807, 2.05) is 55.5 Å². The van der Waals surface area contributed by atoms with E-state index in [9.17, 15) is 9.59 Å². The molecule has 2 aromatic heterocycles. The van der Waals surface area contributed by atoms with Gasteiger partial charge in [-0.15, -0.1) is 0 Å². The lowest BCUT2D eigenvalue weighted by Crippen LogP contribution is -2.34. The summed E-state index contributed by atoms with van der Waals surface area (Å²) in [6.45, 7) is 3.74. The van der Waals surface area contributed by atoms with Crippen molar-refractivity contribution < 1.29 is 4.79 Å². The summed E-state index contributed by atoms with van der Waals surface area (Å²) in [5, 5.41) is 0. The second kappa shape index (κ2) is 9.61. The van der Waals surface area contributed by atoms with Crippen molar-refractivity contribution in [2.24, 2.45) is 0 Å². The largest absolute Gasteiger partial charge is 0.351 e. The van der Waals surface area contributed by atoms with Crippen LogP contribution in [0, 0.1) is 6.92 Å². The number of hydrogen-bond acceptors (Lipinski definition) is 6. The number of fused-ring (bicyclic) bond motifs is 2. The molecule has 2 aliphatic heterocycles. The number of rotatable bonds is 4. The quantitative estimate of drug-likeness (QED) is 0.278. The SMILES string of the molecule is Cc1cccn2c(=O)c(C=C3SC(=S)N(Cc4ccccc4)C3=O)c(N3CCc4ccccc4C3)nc12. The summed E-state index contributed by atoms with van der Waals surface area (Å²) in [5.74, 6) is 0.407. The van der Waals surface area contributed by atoms with Gasteiger partial charge in [0.2, 0.25) is 0 Å². The lowest BCUT2D eigenvalue weighted by atomic mass is 9.99. The number of anilines is 1. The molecular weight excluding hydrogens is 500 g/mol. The van der Waals surface area contributed by atoms with Crippen molar-refractivity contribution in [2.75, 3.05) is 11.4 Å². The van der Waals surface area contributed by atoms with Gasteiger partial charge in [-0.25, -0.2) is 4.98 Å². The number of nitrogens with zero attached hydrogens (tertiary/aromatic N) is 4. The van der Waals surface area contributed by atoms with Crippen LogP contribution in [0.2, 0.25) is 0 Å². The number of aryl methyl sites for hydroxylation is 1. The van der Waals surface area contributed by atoms with E-state index < -0.39 is 0 Å². The molecular formula is C29H24N4O2S2. The summed E-state index contributed by atoms with van der Waals surface area (Å²) >= 11 is 6.79. The summed E-state index contributed by atoms with van der Waals surface area (Å²) in [4.78, 5) is 36.4. The van der Waals surface area contributed by atoms with Crippen LogP contribution in [0.15, 0.2) is 82.6 Å². The predicted molar refractivity (Wildman–Crippen MR) is 153 cm³/mol. The molecule has 1 fully saturated rings. The van der Waals surface area contributed by atoms with E-state index in [0.717, 1.165) is 24.1 Å². The molecule has 6 nitrogen and oxygen atoms in total. The zero-order valence-electron chi connectivity index (χ0n) is 20.3. The zero-order chi connectivity index (χ0) is 25.5. The molecule has 1 saturated heterocycles. The van der Waals surface area contributed by atoms with Crippen LogP contribution < -0.4 is 10.5 Å². The Kier molecular flexibility index (Phi) is 6.14. The van der Waals surface area contributed by atoms with Crippen molar-refractivity contribution in [3.63, 3.8) is 0 Å². The predicted octanol–water partition coefficient (Wildman–Crippen LogP) is 4.97. The minimum atomic E-state index is -0.198. The van der Waals surface area contributed by atoms with Crippen molar-refractivity contribution in [3.8, 4) is 0 Å². The number of carbonyl (C=O) groups is 1. The highest BCUT2D eigenvalue weighted by molar-refractivity contribution is 8.26. The molecule has 6 rings (SSSR count). The maximum atomic E-state index is 13.8. The molecule has 0 radical (unpaired) electrons. The molecule has 0 N–H and O–H groups in total. The fourth-order valence-electron chi connectivity index (χ4n) is 4.88. The van der Waals surface area contributed by atoms with E-state index in [4.69, 9.17) is 17.2 Å². The third kappa shape index (κ3) is 4.36. The van der Waals surface area contributed by atoms with Crippen LogP contribution in [-0.2, 0) is 24.3 Å². The summed E-state index contributed by atoms with van der Waals surface area (Å²) in [5.41, 5.74) is 5.28. The highest BCUT2D eigenvalue weighted by atomic mass is 32.2. The van der Waals surface area contributed by atoms with Crippen LogP contribution in [0.25, 0.3) is 11.7 Å². The van der Waals surface area contributed by atoms with Gasteiger partial charge in [0.1, 0.15) is 15.8 Å². The van der Waals surface area contributed by atoms with Crippen LogP contribution in [0.5, 0.6) is 0 Å². The number of hydrogen-bond donors (Lipinski definition) is 0. The molecule has 0 unspecified atom stereocenters. The first-order valence-corrected chi connectivity index (χ1v) is 13.3. The lowest BCUT2D eigenvalue weighted by molar-refractivity contribution is -0.122. The van der Waals surface area contributed by atoms with E-state index in [1.54, 1.807) is 21.6 Å². The van der Waals surface area contributed by atoms with Crippen molar-refractivity contribution in [1.29, 1.82) is 0 Å². The topological polar surface area (TPSA) is 57.9 Å². The van der Waals surface area contributed by atoms with E-state index in [2.05, 4.69) is 23.1 Å². The average Bonchev–Trinajstić information content (AvgIpc) is 3.18. The Hall–Kier alpha value is -3.75. The third-order valence-electron chi connectivity index (χ3n) is 6.83. The second-order valence-electron chi connectivity index (χ2n) is 9.23. The van der Waals surface area contributed by atoms with Gasteiger partial charge in [0, 0.05) is 19.3 Å². The Morgan fingerprint density at radius 2 is 1.76 bits per heavy atom. The lowest BCUT2D eigenvalue weighted by Gasteiger charge is -2.31. The zero-order valence-corrected chi connectivity index (χ0v) is 21.9. The van der Waals surface area contributed by atoms with Crippen molar-refractivity contribution in [3.05, 3.63) is 116 Å². The number of pyridine rings is 1. The van der Waals surface area contributed by atoms with Gasteiger partial charge in [-0.2, -0.15) is 0 Å². The number of aromatic nitrogens is 2. The van der Waals surface area contributed by atoms with E-state index in [-0.39, 0.29) is 11.5 Å². The standard InChI is InChI=1S/C29H24N4O2S2/c1-19-8-7-14-32-25(19)30-26(31-15-13-21-11-5-6-12-22(21)18-31)23(27(32)34)16-24-28(35)33(29(36)37-24)17-20-9-3-2-4-10-20/h2-12,14,16H,13,15,17-18H2,1H3. The van der Waals surface area contributed by atoms with Gasteiger partial charge in [0.25, 0.3) is 11.5 Å². The van der Waals surface area contributed by atoms with Crippen LogP contribution in [0.1, 0.15) is 27.8 Å². The molecule has 0 spiro atoms. The maximum Gasteiger partial charge on any atom is 0.267 e. The highest BCUT2D eigenvalue weighted by Crippen LogP contribution is 2.35. The number of thiocarbonyl (C=S) groups is 1. The third-order valence-corrected chi connectivity index (χ3v) is 8.20. The first kappa shape index (κ1) is 23.6. The fourth-order valence-corrected chi connectivity index (χ4v) is 6.11. The number of thioether (sulfide) groups is 1. The van der Waals surface area contributed by atoms with Crippen LogP contribution >= 0.6 is 24.0 Å². The molecule has 37 heavy (non-hydrogen) atoms. The van der Waals surface area contributed by atoms with Gasteiger partial charge in [0.05, 0.1) is 17.0 Å². The average molecular weight is 525 g/mol. The van der Waals surface area contributed by atoms with E-state index >= 15 is 0 Å². The molecule has 0 atom stereocenters. The minimum Gasteiger partial charge on any atom is -0.351 e. The normalized spacial score (nSPS) is 16.6. The number of carbonyl (C=O) groups excluding carboxylic acids is 1. The molecule has 4 aromatic rings. The monoisotopic (exact) mass is 524 g/mol. The summed E-state index contributed by atoms with van der Waals surface area (Å²) in [6.07, 6.45) is 4.28. The number of benzene rings is 2. The summed E-state index contributed by atoms with van der Waals surface area (Å²) < 4.78 is 2.05. The molecule has 0 bridgehead atoms. The Labute approximate surface area is 224 Å². The van der Waals surface area contributed by atoms with E-state index in [0.29, 0.717) is 39.3 Å². The molecule has 2 aliphatic rings. The summed E-state index contributed by atoms with van der Waals surface area (Å²) in [7, 11) is 0. The maximum absolute atomic E-state index is 13.8. The van der Waals surface area contributed by atoms with E-state index in [1.165, 1.54) is 22.9 Å². The molecule has 0 aliphatic carbocycles. The van der Waals surface area contributed by atoms with Gasteiger partial charge in [-0.3, -0.25) is 18.9 Å². The molecule has 4 heterocycles. The van der Waals surface area contributed by atoms with Gasteiger partial charge in [-0.05, 0) is 47.7 Å². The molecule has 8 heteroatoms. The van der Waals surface area contributed by atoms with Gasteiger partial charge >= 0.3 is 0 Å². The Morgan fingerprint density at radius 3 is 2.57 bits per heavy atom. The minimum absolute atomic E-state index is 0.192. The van der Waals surface area contributed by atoms with Gasteiger partial charge in [-0.1, -0.05) is 84.6 Å². The highest BCUT2D eigenvalue weighted by Gasteiger charge is 2.33. The molecule has 2 aromatic carbocycles. The van der Waals surface area contributed by atoms with Crippen LogP contribution in [-0.4, -0.2) is 31.1 Å². The molecule has 0 saturated carbocycles. The molecule has 184 valence electrons. The first-order chi connectivity index (χ1) is 18.0. The first-order valence-electron chi connectivity index (χ1n) is 12.1. The Balaban J connectivity index is 1.44. The fraction of sp³-hybridized carbons (Fsp3) is 0.172. The second-order valence-corrected chi connectivity index (χ2v) is 10.9. The van der Waals surface area contributed by atoms with Crippen molar-refractivity contribution >= 4 is 51.7 Å². The molecule has 1 amide bonds. The summed E-state index contributed by atoms with van der Waals surface area (Å²) in [6, 6.07) is 21.9. The van der Waals surface area contributed by atoms with Gasteiger partial charge in [0.15, 0.2) is 0 Å². The smallest absolute Gasteiger partial charge is 0.267 e. The van der Waals surface area contributed by atoms with Crippen molar-refractivity contribution in [2.45, 2.75) is 26.4 Å². The number of amides is 1. The van der Waals surface area contributed by atoms with Crippen LogP contribution in [0.3, 0.4) is 0 Å².